The molecule has 0 bridgehead atoms. The normalized spacial score (nSPS) is 16.6. The highest BCUT2D eigenvalue weighted by molar-refractivity contribution is 6.34. The van der Waals surface area contributed by atoms with Crippen LogP contribution in [0, 0.1) is 0 Å². The SMILES string of the molecule is CC.CC.COc1cc2c(cc1-c1cncc(C(N)=O)c1)-c1c(c(C(=O)N3C(C)CNCC3C)nn1-c1cc(Cl)cc(Cl)c1)CC2. The highest BCUT2D eigenvalue weighted by Gasteiger charge is 2.36. The maximum atomic E-state index is 14.2. The Morgan fingerprint density at radius 3 is 2.17 bits per heavy atom. The fourth-order valence-electron chi connectivity index (χ4n) is 6.06. The number of primary amides is 1. The summed E-state index contributed by atoms with van der Waals surface area (Å²) in [5, 5.41) is 9.26. The van der Waals surface area contributed by atoms with E-state index in [0.29, 0.717) is 64.2 Å². The summed E-state index contributed by atoms with van der Waals surface area (Å²) in [6.07, 6.45) is 4.40. The van der Waals surface area contributed by atoms with E-state index >= 15 is 0 Å². The predicted molar refractivity (Wildman–Crippen MR) is 185 cm³/mol. The molecule has 1 aliphatic carbocycles. The van der Waals surface area contributed by atoms with Crippen molar-refractivity contribution in [2.75, 3.05) is 20.2 Å². The molecule has 2 aromatic heterocycles. The number of rotatable bonds is 5. The fourth-order valence-corrected chi connectivity index (χ4v) is 6.58. The van der Waals surface area contributed by atoms with Gasteiger partial charge in [0.2, 0.25) is 5.91 Å². The summed E-state index contributed by atoms with van der Waals surface area (Å²) in [6, 6.07) is 10.9. The molecule has 2 amide bonds. The van der Waals surface area contributed by atoms with Crippen molar-refractivity contribution in [1.29, 1.82) is 0 Å². The lowest BCUT2D eigenvalue weighted by molar-refractivity contribution is 0.0536. The second-order valence-electron chi connectivity index (χ2n) is 10.8. The minimum absolute atomic E-state index is 0.0134. The van der Waals surface area contributed by atoms with Crippen molar-refractivity contribution in [1.82, 2.24) is 25.0 Å². The van der Waals surface area contributed by atoms with Crippen LogP contribution in [0.4, 0.5) is 0 Å². The van der Waals surface area contributed by atoms with Gasteiger partial charge in [-0.2, -0.15) is 5.10 Å². The van der Waals surface area contributed by atoms with E-state index in [1.54, 1.807) is 42.3 Å². The second kappa shape index (κ2) is 15.1. The van der Waals surface area contributed by atoms with Crippen molar-refractivity contribution < 1.29 is 14.3 Å². The minimum Gasteiger partial charge on any atom is -0.496 e. The van der Waals surface area contributed by atoms with Crippen LogP contribution in [-0.4, -0.2) is 63.8 Å². The van der Waals surface area contributed by atoms with Gasteiger partial charge in [-0.1, -0.05) is 50.9 Å². The molecule has 0 radical (unpaired) electrons. The van der Waals surface area contributed by atoms with Crippen LogP contribution in [0.2, 0.25) is 10.0 Å². The van der Waals surface area contributed by atoms with Crippen LogP contribution >= 0.6 is 23.2 Å². The molecule has 1 saturated heterocycles. The van der Waals surface area contributed by atoms with E-state index in [1.807, 2.05) is 58.6 Å². The van der Waals surface area contributed by atoms with E-state index in [-0.39, 0.29) is 18.0 Å². The number of pyridine rings is 1. The largest absolute Gasteiger partial charge is 0.496 e. The molecule has 0 spiro atoms. The van der Waals surface area contributed by atoms with Gasteiger partial charge in [0.15, 0.2) is 5.69 Å². The Balaban J connectivity index is 0.00000116. The van der Waals surface area contributed by atoms with E-state index < -0.39 is 5.91 Å². The highest BCUT2D eigenvalue weighted by Crippen LogP contribution is 2.43. The third kappa shape index (κ3) is 6.77. The number of amides is 2. The second-order valence-corrected chi connectivity index (χ2v) is 11.7. The van der Waals surface area contributed by atoms with Crippen LogP contribution < -0.4 is 15.8 Å². The lowest BCUT2D eigenvalue weighted by atomic mass is 9.86. The van der Waals surface area contributed by atoms with E-state index in [9.17, 15) is 9.59 Å². The van der Waals surface area contributed by atoms with Crippen molar-refractivity contribution in [2.45, 2.75) is 66.5 Å². The molecular formula is C35H42Cl2N6O3. The van der Waals surface area contributed by atoms with Crippen LogP contribution in [-0.2, 0) is 12.8 Å². The number of carbonyl (C=O) groups is 2. The van der Waals surface area contributed by atoms with Crippen molar-refractivity contribution in [3.05, 3.63) is 81.2 Å². The topological polar surface area (TPSA) is 115 Å². The Morgan fingerprint density at radius 1 is 0.913 bits per heavy atom. The molecular weight excluding hydrogens is 623 g/mol. The average molecular weight is 666 g/mol. The van der Waals surface area contributed by atoms with Crippen LogP contribution in [0.15, 0.2) is 48.8 Å². The van der Waals surface area contributed by atoms with Gasteiger partial charge in [-0.25, -0.2) is 4.68 Å². The van der Waals surface area contributed by atoms with Crippen LogP contribution in [0.3, 0.4) is 0 Å². The summed E-state index contributed by atoms with van der Waals surface area (Å²) in [5.74, 6) is -0.0357. The van der Waals surface area contributed by atoms with Crippen LogP contribution in [0.5, 0.6) is 5.75 Å². The average Bonchev–Trinajstić information content (AvgIpc) is 3.46. The molecule has 2 aromatic carbocycles. The third-order valence-electron chi connectivity index (χ3n) is 8.00. The number of carbonyl (C=O) groups excluding carboxylic acids is 2. The van der Waals surface area contributed by atoms with Crippen molar-refractivity contribution in [2.24, 2.45) is 5.73 Å². The molecule has 3 N–H and O–H groups in total. The number of hydrogen-bond acceptors (Lipinski definition) is 6. The number of piperazine rings is 1. The van der Waals surface area contributed by atoms with Crippen molar-refractivity contribution in [3.63, 3.8) is 0 Å². The van der Waals surface area contributed by atoms with E-state index in [4.69, 9.17) is 38.8 Å². The number of nitrogens with one attached hydrogen (secondary N) is 1. The molecule has 11 heteroatoms. The summed E-state index contributed by atoms with van der Waals surface area (Å²) < 4.78 is 7.55. The number of aromatic nitrogens is 3. The molecule has 4 aromatic rings. The number of ether oxygens (including phenoxy) is 1. The van der Waals surface area contributed by atoms with Gasteiger partial charge in [-0.05, 0) is 68.7 Å². The zero-order valence-corrected chi connectivity index (χ0v) is 29.0. The molecule has 2 unspecified atom stereocenters. The van der Waals surface area contributed by atoms with Crippen LogP contribution in [0.25, 0.3) is 28.1 Å². The van der Waals surface area contributed by atoms with Gasteiger partial charge in [-0.3, -0.25) is 14.6 Å². The van der Waals surface area contributed by atoms with Crippen LogP contribution in [0.1, 0.15) is 73.5 Å². The first-order valence-electron chi connectivity index (χ1n) is 15.7. The van der Waals surface area contributed by atoms with E-state index in [2.05, 4.69) is 10.3 Å². The number of nitrogens with two attached hydrogens (primary N) is 1. The summed E-state index contributed by atoms with van der Waals surface area (Å²) in [7, 11) is 1.61. The Hall–Kier alpha value is -3.92. The monoisotopic (exact) mass is 664 g/mol. The molecule has 3 heterocycles. The summed E-state index contributed by atoms with van der Waals surface area (Å²) in [6.45, 7) is 13.5. The lowest BCUT2D eigenvalue weighted by Gasteiger charge is -2.39. The number of hydrogen-bond donors (Lipinski definition) is 2. The molecule has 1 fully saturated rings. The number of halogens is 2. The maximum absolute atomic E-state index is 14.2. The molecule has 0 saturated carbocycles. The molecule has 244 valence electrons. The van der Waals surface area contributed by atoms with Crippen molar-refractivity contribution >= 4 is 35.0 Å². The Morgan fingerprint density at radius 2 is 1.57 bits per heavy atom. The summed E-state index contributed by atoms with van der Waals surface area (Å²) >= 11 is 12.9. The maximum Gasteiger partial charge on any atom is 0.275 e. The summed E-state index contributed by atoms with van der Waals surface area (Å²) in [4.78, 5) is 32.2. The number of nitrogens with zero attached hydrogens (tertiary/aromatic N) is 4. The first kappa shape index (κ1) is 34.9. The smallest absolute Gasteiger partial charge is 0.275 e. The molecule has 46 heavy (non-hydrogen) atoms. The molecule has 2 atom stereocenters. The van der Waals surface area contributed by atoms with Gasteiger partial charge in [0.25, 0.3) is 5.91 Å². The van der Waals surface area contributed by atoms with E-state index in [0.717, 1.165) is 27.9 Å². The zero-order chi connectivity index (χ0) is 33.7. The Labute approximate surface area is 281 Å². The third-order valence-corrected chi connectivity index (χ3v) is 8.44. The van der Waals surface area contributed by atoms with Gasteiger partial charge in [0, 0.05) is 69.9 Å². The van der Waals surface area contributed by atoms with Crippen molar-refractivity contribution in [3.8, 4) is 33.8 Å². The molecule has 1 aliphatic heterocycles. The Bertz CT molecular complexity index is 1710. The number of aryl methyl sites for hydroxylation is 1. The fraction of sp³-hybridized carbons (Fsp3) is 0.371. The first-order chi connectivity index (χ1) is 22.2. The number of benzene rings is 2. The Kier molecular flexibility index (Phi) is 11.5. The highest BCUT2D eigenvalue weighted by atomic mass is 35.5. The van der Waals surface area contributed by atoms with Gasteiger partial charge in [0.1, 0.15) is 5.75 Å². The standard InChI is InChI=1S/C31H30Cl2N6O3.2C2H6/c1-16-12-35-13-17(2)38(16)31(41)28-24-5-4-18-7-27(42-3)25(19-6-20(30(34)40)15-36-14-19)11-26(18)29(24)39(37-28)23-9-21(32)8-22(33)10-23;2*1-2/h6-11,14-17,35H,4-5,12-13H2,1-3H3,(H2,34,40);2*1-2H3. The number of fused-ring (bicyclic) bond motifs is 3. The predicted octanol–water partition coefficient (Wildman–Crippen LogP) is 6.99. The zero-order valence-electron chi connectivity index (χ0n) is 27.4. The van der Waals surface area contributed by atoms with Gasteiger partial charge < -0.3 is 20.7 Å². The molecule has 6 rings (SSSR count). The first-order valence-corrected chi connectivity index (χ1v) is 16.5. The van der Waals surface area contributed by atoms with E-state index in [1.165, 1.54) is 6.20 Å². The molecule has 9 nitrogen and oxygen atoms in total. The van der Waals surface area contributed by atoms with Gasteiger partial charge in [0.05, 0.1) is 24.1 Å². The molecule has 2 aliphatic rings. The van der Waals surface area contributed by atoms with Gasteiger partial charge >= 0.3 is 0 Å². The lowest BCUT2D eigenvalue weighted by Crippen LogP contribution is -2.57. The quantitative estimate of drug-likeness (QED) is 0.238. The minimum atomic E-state index is -0.570. The summed E-state index contributed by atoms with van der Waals surface area (Å²) in [5.41, 5.74) is 11.9. The van der Waals surface area contributed by atoms with Gasteiger partial charge in [-0.15, -0.1) is 0 Å². The number of methoxy groups -OCH3 is 1.